The molecule has 0 radical (unpaired) electrons. The van der Waals surface area contributed by atoms with E-state index in [0.717, 1.165) is 4.90 Å². The van der Waals surface area contributed by atoms with Crippen LogP contribution in [-0.2, 0) is 9.59 Å². The normalized spacial score (nSPS) is 18.2. The standard InChI is InChI=1S/C11H15N3O4/c1-2-4-13(7-9(15)16)11(18)14-5-3-8(6-14)10(12)17/h1,8H,3-7H2,(H2,12,17)(H,15,16). The van der Waals surface area contributed by atoms with Gasteiger partial charge in [0.15, 0.2) is 0 Å². The highest BCUT2D eigenvalue weighted by atomic mass is 16.4. The third kappa shape index (κ3) is 3.38. The van der Waals surface area contributed by atoms with Gasteiger partial charge in [-0.1, -0.05) is 5.92 Å². The summed E-state index contributed by atoms with van der Waals surface area (Å²) >= 11 is 0. The minimum absolute atomic E-state index is 0.0805. The van der Waals surface area contributed by atoms with Crippen LogP contribution in [0.15, 0.2) is 0 Å². The molecule has 98 valence electrons. The molecule has 0 bridgehead atoms. The third-order valence-electron chi connectivity index (χ3n) is 2.74. The second-order valence-electron chi connectivity index (χ2n) is 4.07. The summed E-state index contributed by atoms with van der Waals surface area (Å²) in [6.45, 7) is 0.0611. The first-order chi connectivity index (χ1) is 8.45. The number of hydrogen-bond acceptors (Lipinski definition) is 3. The van der Waals surface area contributed by atoms with Crippen LogP contribution in [-0.4, -0.2) is 59.0 Å². The van der Waals surface area contributed by atoms with E-state index in [1.807, 2.05) is 0 Å². The van der Waals surface area contributed by atoms with Crippen molar-refractivity contribution in [2.75, 3.05) is 26.2 Å². The van der Waals surface area contributed by atoms with E-state index < -0.39 is 24.5 Å². The molecule has 1 heterocycles. The molecule has 0 aromatic carbocycles. The Morgan fingerprint density at radius 3 is 2.61 bits per heavy atom. The number of carboxylic acid groups (broad SMARTS) is 1. The van der Waals surface area contributed by atoms with Gasteiger partial charge in [-0.2, -0.15) is 0 Å². The lowest BCUT2D eigenvalue weighted by Crippen LogP contribution is -2.45. The highest BCUT2D eigenvalue weighted by Gasteiger charge is 2.32. The number of aliphatic carboxylic acids is 1. The molecular formula is C11H15N3O4. The van der Waals surface area contributed by atoms with Gasteiger partial charge in [0.2, 0.25) is 5.91 Å². The SMILES string of the molecule is C#CCN(CC(=O)O)C(=O)N1CCC(C(N)=O)C1. The van der Waals surface area contributed by atoms with Gasteiger partial charge < -0.3 is 20.6 Å². The molecule has 1 unspecified atom stereocenters. The van der Waals surface area contributed by atoms with Crippen LogP contribution >= 0.6 is 0 Å². The highest BCUT2D eigenvalue weighted by Crippen LogP contribution is 2.17. The molecule has 1 rings (SSSR count). The lowest BCUT2D eigenvalue weighted by molar-refractivity contribution is -0.137. The van der Waals surface area contributed by atoms with E-state index in [1.54, 1.807) is 0 Å². The Bertz CT molecular complexity index is 402. The van der Waals surface area contributed by atoms with Crippen molar-refractivity contribution in [3.05, 3.63) is 0 Å². The van der Waals surface area contributed by atoms with Gasteiger partial charge in [0, 0.05) is 13.1 Å². The van der Waals surface area contributed by atoms with Gasteiger partial charge in [-0.3, -0.25) is 9.59 Å². The number of terminal acetylenes is 1. The molecule has 3 N–H and O–H groups in total. The number of carbonyl (C=O) groups excluding carboxylic acids is 2. The van der Waals surface area contributed by atoms with Crippen molar-refractivity contribution in [3.8, 4) is 12.3 Å². The first-order valence-electron chi connectivity index (χ1n) is 5.44. The minimum Gasteiger partial charge on any atom is -0.480 e. The number of carbonyl (C=O) groups is 3. The van der Waals surface area contributed by atoms with Crippen molar-refractivity contribution < 1.29 is 19.5 Å². The summed E-state index contributed by atoms with van der Waals surface area (Å²) in [6, 6.07) is -0.473. The predicted molar refractivity (Wildman–Crippen MR) is 62.3 cm³/mol. The zero-order valence-corrected chi connectivity index (χ0v) is 9.83. The summed E-state index contributed by atoms with van der Waals surface area (Å²) in [6.07, 6.45) is 5.59. The van der Waals surface area contributed by atoms with E-state index >= 15 is 0 Å². The quantitative estimate of drug-likeness (QED) is 0.623. The van der Waals surface area contributed by atoms with Gasteiger partial charge in [-0.25, -0.2) is 4.79 Å². The molecule has 7 heteroatoms. The van der Waals surface area contributed by atoms with Gasteiger partial charge in [-0.05, 0) is 6.42 Å². The van der Waals surface area contributed by atoms with Crippen LogP contribution in [0, 0.1) is 18.3 Å². The monoisotopic (exact) mass is 253 g/mol. The van der Waals surface area contributed by atoms with Gasteiger partial charge in [0.05, 0.1) is 12.5 Å². The first kappa shape index (κ1) is 13.8. The molecule has 1 aliphatic rings. The van der Waals surface area contributed by atoms with Crippen molar-refractivity contribution in [2.24, 2.45) is 11.7 Å². The van der Waals surface area contributed by atoms with Gasteiger partial charge in [-0.15, -0.1) is 6.42 Å². The van der Waals surface area contributed by atoms with Crippen molar-refractivity contribution in [2.45, 2.75) is 6.42 Å². The van der Waals surface area contributed by atoms with E-state index in [9.17, 15) is 14.4 Å². The fraction of sp³-hybridized carbons (Fsp3) is 0.545. The summed E-state index contributed by atoms with van der Waals surface area (Å²) in [7, 11) is 0. The fourth-order valence-electron chi connectivity index (χ4n) is 1.83. The maximum absolute atomic E-state index is 12.0. The summed E-state index contributed by atoms with van der Waals surface area (Å²) in [5, 5.41) is 8.69. The molecule has 0 aromatic heterocycles. The van der Waals surface area contributed by atoms with Crippen LogP contribution in [0.5, 0.6) is 0 Å². The Balaban J connectivity index is 2.64. The smallest absolute Gasteiger partial charge is 0.323 e. The van der Waals surface area contributed by atoms with E-state index in [0.29, 0.717) is 13.0 Å². The number of amides is 3. The second-order valence-corrected chi connectivity index (χ2v) is 4.07. The Morgan fingerprint density at radius 2 is 2.17 bits per heavy atom. The van der Waals surface area contributed by atoms with E-state index in [4.69, 9.17) is 17.3 Å². The number of carboxylic acids is 1. The number of primary amides is 1. The van der Waals surface area contributed by atoms with Gasteiger partial charge in [0.1, 0.15) is 6.54 Å². The average molecular weight is 253 g/mol. The third-order valence-corrected chi connectivity index (χ3v) is 2.74. The summed E-state index contributed by atoms with van der Waals surface area (Å²) in [5.74, 6) is 0.279. The Kier molecular flexibility index (Phi) is 4.54. The van der Waals surface area contributed by atoms with Crippen LogP contribution in [0.2, 0.25) is 0 Å². The topological polar surface area (TPSA) is 104 Å². The average Bonchev–Trinajstić information content (AvgIpc) is 2.76. The molecule has 0 aromatic rings. The molecule has 1 aliphatic heterocycles. The van der Waals surface area contributed by atoms with Gasteiger partial charge in [0.25, 0.3) is 0 Å². The lowest BCUT2D eigenvalue weighted by Gasteiger charge is -2.25. The van der Waals surface area contributed by atoms with E-state index in [-0.39, 0.29) is 19.0 Å². The number of nitrogens with zero attached hydrogens (tertiary/aromatic N) is 2. The molecule has 1 saturated heterocycles. The maximum atomic E-state index is 12.0. The molecule has 0 saturated carbocycles. The number of nitrogens with two attached hydrogens (primary N) is 1. The van der Waals surface area contributed by atoms with Crippen LogP contribution in [0.4, 0.5) is 4.79 Å². The van der Waals surface area contributed by atoms with Crippen LogP contribution in [0.3, 0.4) is 0 Å². The lowest BCUT2D eigenvalue weighted by atomic mass is 10.1. The van der Waals surface area contributed by atoms with Crippen molar-refractivity contribution in [3.63, 3.8) is 0 Å². The molecule has 18 heavy (non-hydrogen) atoms. The largest absolute Gasteiger partial charge is 0.480 e. The highest BCUT2D eigenvalue weighted by molar-refractivity contribution is 5.82. The number of likely N-dealkylation sites (tertiary alicyclic amines) is 1. The molecule has 0 spiro atoms. The number of hydrogen-bond donors (Lipinski definition) is 2. The van der Waals surface area contributed by atoms with Crippen LogP contribution < -0.4 is 5.73 Å². The maximum Gasteiger partial charge on any atom is 0.323 e. The van der Waals surface area contributed by atoms with Crippen LogP contribution in [0.25, 0.3) is 0 Å². The van der Waals surface area contributed by atoms with E-state index in [1.165, 1.54) is 4.90 Å². The van der Waals surface area contributed by atoms with E-state index in [2.05, 4.69) is 5.92 Å². The summed E-state index contributed by atoms with van der Waals surface area (Å²) in [4.78, 5) is 36.0. The molecule has 0 aliphatic carbocycles. The molecule has 1 atom stereocenters. The summed E-state index contributed by atoms with van der Waals surface area (Å²) < 4.78 is 0. The molecule has 1 fully saturated rings. The first-order valence-corrected chi connectivity index (χ1v) is 5.44. The molecule has 3 amide bonds. The zero-order chi connectivity index (χ0) is 13.7. The second kappa shape index (κ2) is 5.91. The summed E-state index contributed by atoms with van der Waals surface area (Å²) in [5.41, 5.74) is 5.16. The number of rotatable bonds is 4. The Hall–Kier alpha value is -2.23. The van der Waals surface area contributed by atoms with Crippen LogP contribution in [0.1, 0.15) is 6.42 Å². The predicted octanol–water partition coefficient (Wildman–Crippen LogP) is -1.07. The molecular weight excluding hydrogens is 238 g/mol. The van der Waals surface area contributed by atoms with Crippen molar-refractivity contribution in [1.82, 2.24) is 9.80 Å². The fourth-order valence-corrected chi connectivity index (χ4v) is 1.83. The Labute approximate surface area is 105 Å². The zero-order valence-electron chi connectivity index (χ0n) is 9.83. The number of urea groups is 1. The van der Waals surface area contributed by atoms with Crippen molar-refractivity contribution in [1.29, 1.82) is 0 Å². The molecule has 7 nitrogen and oxygen atoms in total. The van der Waals surface area contributed by atoms with Gasteiger partial charge >= 0.3 is 12.0 Å². The minimum atomic E-state index is -1.13. The van der Waals surface area contributed by atoms with Crippen molar-refractivity contribution >= 4 is 17.9 Å². The Morgan fingerprint density at radius 1 is 1.50 bits per heavy atom.